The van der Waals surface area contributed by atoms with Crippen LogP contribution in [0.2, 0.25) is 0 Å². The van der Waals surface area contributed by atoms with Gasteiger partial charge >= 0.3 is 18.1 Å². The van der Waals surface area contributed by atoms with Gasteiger partial charge in [0.2, 0.25) is 0 Å². The molecule has 1 saturated heterocycles. The number of thioether (sulfide) groups is 1. The third kappa shape index (κ3) is 5.38. The number of hydrogen-bond donors (Lipinski definition) is 3. The van der Waals surface area contributed by atoms with Gasteiger partial charge in [0.25, 0.3) is 11.8 Å². The van der Waals surface area contributed by atoms with E-state index in [1.807, 2.05) is 0 Å². The molecule has 2 aliphatic rings. The number of rotatable bonds is 7. The predicted octanol–water partition coefficient (Wildman–Crippen LogP) is 2.59. The average Bonchev–Trinajstić information content (AvgIpc) is 3.28. The van der Waals surface area contributed by atoms with Gasteiger partial charge < -0.3 is 20.9 Å². The zero-order chi connectivity index (χ0) is 27.8. The average molecular weight is 569 g/mol. The molecule has 2 amide bonds. The van der Waals surface area contributed by atoms with E-state index >= 15 is 0 Å². The van der Waals surface area contributed by atoms with Crippen molar-refractivity contribution in [2.45, 2.75) is 24.5 Å². The standard InChI is InChI=1S/C23H19F3N4O6S2/c1-10(31)36-7-12-8-37-20-16(19(33)30(20)17(12)21(34)35)29-18(32)13(15-9-38-22(27)28-15)6-11-4-2-3-5-14(11)23(24,25)26/h2-6,9,16,20H,7-8H2,1H3,(H2,27,28)(H,29,32)(H,34,35)/b13-6+/t16?,20-/m0/s1. The van der Waals surface area contributed by atoms with Gasteiger partial charge in [-0.15, -0.1) is 23.1 Å². The summed E-state index contributed by atoms with van der Waals surface area (Å²) in [6.45, 7) is 0.850. The first-order chi connectivity index (χ1) is 17.9. The molecule has 10 nitrogen and oxygen atoms in total. The number of esters is 1. The lowest BCUT2D eigenvalue weighted by molar-refractivity contribution is -0.150. The number of carbonyl (C=O) groups is 4. The van der Waals surface area contributed by atoms with Crippen LogP contribution in [0, 0.1) is 0 Å². The Morgan fingerprint density at radius 1 is 1.32 bits per heavy atom. The van der Waals surface area contributed by atoms with Gasteiger partial charge in [-0.2, -0.15) is 13.2 Å². The van der Waals surface area contributed by atoms with Crippen molar-refractivity contribution in [3.05, 3.63) is 57.7 Å². The van der Waals surface area contributed by atoms with Crippen molar-refractivity contribution in [1.29, 1.82) is 0 Å². The largest absolute Gasteiger partial charge is 0.477 e. The molecule has 0 saturated carbocycles. The lowest BCUT2D eigenvalue weighted by Gasteiger charge is -2.49. The molecule has 2 aromatic rings. The maximum absolute atomic E-state index is 13.6. The summed E-state index contributed by atoms with van der Waals surface area (Å²) in [4.78, 5) is 54.2. The van der Waals surface area contributed by atoms with Gasteiger partial charge in [-0.25, -0.2) is 9.78 Å². The number of nitrogens with zero attached hydrogens (tertiary/aromatic N) is 2. The van der Waals surface area contributed by atoms with Crippen LogP contribution in [-0.4, -0.2) is 62.5 Å². The number of carboxylic acids is 1. The number of nitrogen functional groups attached to an aromatic ring is 1. The summed E-state index contributed by atoms with van der Waals surface area (Å²) in [7, 11) is 0. The highest BCUT2D eigenvalue weighted by molar-refractivity contribution is 8.00. The van der Waals surface area contributed by atoms with Crippen LogP contribution in [0.25, 0.3) is 11.6 Å². The molecular formula is C23H19F3N4O6S2. The fraction of sp³-hybridized carbons (Fsp3) is 0.261. The number of ether oxygens (including phenoxy) is 1. The van der Waals surface area contributed by atoms with E-state index in [2.05, 4.69) is 10.3 Å². The van der Waals surface area contributed by atoms with Crippen molar-refractivity contribution in [1.82, 2.24) is 15.2 Å². The highest BCUT2D eigenvalue weighted by atomic mass is 32.2. The van der Waals surface area contributed by atoms with E-state index in [-0.39, 0.29) is 45.6 Å². The van der Waals surface area contributed by atoms with Crippen LogP contribution >= 0.6 is 23.1 Å². The lowest BCUT2D eigenvalue weighted by Crippen LogP contribution is -2.70. The zero-order valence-corrected chi connectivity index (χ0v) is 21.1. The second kappa shape index (κ2) is 10.5. The lowest BCUT2D eigenvalue weighted by atomic mass is 10.00. The van der Waals surface area contributed by atoms with Crippen LogP contribution in [-0.2, 0) is 30.1 Å². The van der Waals surface area contributed by atoms with Gasteiger partial charge in [-0.05, 0) is 17.7 Å². The number of benzene rings is 1. The van der Waals surface area contributed by atoms with E-state index in [1.54, 1.807) is 0 Å². The fourth-order valence-corrected chi connectivity index (χ4v) is 5.80. The summed E-state index contributed by atoms with van der Waals surface area (Å²) in [6, 6.07) is 3.50. The molecule has 200 valence electrons. The number of carboxylic acid groups (broad SMARTS) is 1. The molecule has 38 heavy (non-hydrogen) atoms. The molecule has 1 aromatic heterocycles. The van der Waals surface area contributed by atoms with E-state index in [4.69, 9.17) is 10.5 Å². The Kier molecular flexibility index (Phi) is 7.51. The topological polar surface area (TPSA) is 152 Å². The zero-order valence-electron chi connectivity index (χ0n) is 19.4. The Labute approximate surface area is 221 Å². The van der Waals surface area contributed by atoms with Crippen molar-refractivity contribution in [2.75, 3.05) is 18.1 Å². The third-order valence-corrected chi connectivity index (χ3v) is 7.61. The SMILES string of the molecule is CC(=O)OCC1=C(C(=O)O)N2C(=O)C(NC(=O)/C(=C/c3ccccc3C(F)(F)F)c3csc(N)n3)[C@@H]2SC1. The van der Waals surface area contributed by atoms with E-state index in [0.29, 0.717) is 0 Å². The maximum atomic E-state index is 13.6. The van der Waals surface area contributed by atoms with E-state index in [1.165, 1.54) is 23.6 Å². The number of fused-ring (bicyclic) bond motifs is 1. The highest BCUT2D eigenvalue weighted by Gasteiger charge is 2.54. The van der Waals surface area contributed by atoms with Crippen LogP contribution in [0.5, 0.6) is 0 Å². The molecule has 1 aromatic carbocycles. The number of hydrogen-bond acceptors (Lipinski definition) is 9. The van der Waals surface area contributed by atoms with Gasteiger partial charge in [0.15, 0.2) is 5.13 Å². The molecule has 2 aliphatic heterocycles. The van der Waals surface area contributed by atoms with E-state index < -0.39 is 46.9 Å². The molecule has 1 unspecified atom stereocenters. The summed E-state index contributed by atoms with van der Waals surface area (Å²) in [6.07, 6.45) is -3.68. The summed E-state index contributed by atoms with van der Waals surface area (Å²) < 4.78 is 45.5. The highest BCUT2D eigenvalue weighted by Crippen LogP contribution is 2.41. The number of thiazole rings is 1. The number of nitrogens with two attached hydrogens (primary N) is 1. The quantitative estimate of drug-likeness (QED) is 0.260. The molecule has 4 rings (SSSR count). The number of carbonyl (C=O) groups excluding carboxylic acids is 3. The summed E-state index contributed by atoms with van der Waals surface area (Å²) >= 11 is 2.12. The number of aromatic nitrogens is 1. The first-order valence-corrected chi connectivity index (χ1v) is 12.7. The Bertz CT molecular complexity index is 1390. The Hall–Kier alpha value is -3.85. The van der Waals surface area contributed by atoms with Crippen LogP contribution in [0.1, 0.15) is 23.7 Å². The van der Waals surface area contributed by atoms with Crippen molar-refractivity contribution in [2.24, 2.45) is 0 Å². The molecule has 4 N–H and O–H groups in total. The first kappa shape index (κ1) is 27.2. The fourth-order valence-electron chi connectivity index (χ4n) is 3.91. The number of alkyl halides is 3. The van der Waals surface area contributed by atoms with E-state index in [0.717, 1.165) is 47.1 Å². The van der Waals surface area contributed by atoms with Crippen LogP contribution in [0.3, 0.4) is 0 Å². The number of anilines is 1. The van der Waals surface area contributed by atoms with Crippen molar-refractivity contribution >= 4 is 63.6 Å². The van der Waals surface area contributed by atoms with Gasteiger partial charge in [-0.3, -0.25) is 19.3 Å². The number of nitrogens with one attached hydrogen (secondary N) is 1. The van der Waals surface area contributed by atoms with Crippen LogP contribution < -0.4 is 11.1 Å². The maximum Gasteiger partial charge on any atom is 0.416 e. The minimum absolute atomic E-state index is 0.0108. The number of halogens is 3. The Balaban J connectivity index is 1.63. The van der Waals surface area contributed by atoms with Crippen LogP contribution in [0.4, 0.5) is 18.3 Å². The van der Waals surface area contributed by atoms with Crippen molar-refractivity contribution in [3.8, 4) is 0 Å². The molecule has 0 radical (unpaired) electrons. The molecule has 0 bridgehead atoms. The normalized spacial score (nSPS) is 19.5. The smallest absolute Gasteiger partial charge is 0.416 e. The second-order valence-corrected chi connectivity index (χ2v) is 10.1. The summed E-state index contributed by atoms with van der Waals surface area (Å²) in [5.74, 6) is -3.54. The van der Waals surface area contributed by atoms with Crippen molar-refractivity contribution < 1.29 is 42.2 Å². The van der Waals surface area contributed by atoms with Crippen LogP contribution in [0.15, 0.2) is 40.9 Å². The summed E-state index contributed by atoms with van der Waals surface area (Å²) in [5.41, 5.74) is 4.03. The van der Waals surface area contributed by atoms with Gasteiger partial charge in [-0.1, -0.05) is 18.2 Å². The number of amides is 2. The molecule has 15 heteroatoms. The Morgan fingerprint density at radius 3 is 2.63 bits per heavy atom. The predicted molar refractivity (Wildman–Crippen MR) is 132 cm³/mol. The molecule has 0 aliphatic carbocycles. The first-order valence-electron chi connectivity index (χ1n) is 10.8. The molecule has 0 spiro atoms. The summed E-state index contributed by atoms with van der Waals surface area (Å²) in [5, 5.41) is 12.9. The van der Waals surface area contributed by atoms with Gasteiger partial charge in [0.05, 0.1) is 16.8 Å². The molecule has 2 atom stereocenters. The minimum atomic E-state index is -4.69. The van der Waals surface area contributed by atoms with Crippen molar-refractivity contribution in [3.63, 3.8) is 0 Å². The minimum Gasteiger partial charge on any atom is -0.477 e. The number of β-lactam (4-membered cyclic amide) rings is 1. The molecule has 3 heterocycles. The van der Waals surface area contributed by atoms with Gasteiger partial charge in [0.1, 0.15) is 23.7 Å². The monoisotopic (exact) mass is 568 g/mol. The molecule has 1 fully saturated rings. The van der Waals surface area contributed by atoms with E-state index in [9.17, 15) is 37.5 Å². The second-order valence-electron chi connectivity index (χ2n) is 8.11. The Morgan fingerprint density at radius 2 is 2.03 bits per heavy atom. The van der Waals surface area contributed by atoms with Gasteiger partial charge in [0, 0.05) is 23.6 Å². The molecular weight excluding hydrogens is 549 g/mol. The third-order valence-electron chi connectivity index (χ3n) is 5.59. The number of aliphatic carboxylic acids is 1.